The number of amides is 4. The van der Waals surface area contributed by atoms with Crippen molar-refractivity contribution in [3.05, 3.63) is 0 Å². The van der Waals surface area contributed by atoms with Crippen molar-refractivity contribution < 1.29 is 36.4 Å². The summed E-state index contributed by atoms with van der Waals surface area (Å²) in [5, 5.41) is 0.559. The van der Waals surface area contributed by atoms with Crippen molar-refractivity contribution in [2.24, 2.45) is 5.92 Å². The van der Waals surface area contributed by atoms with Gasteiger partial charge >= 0.3 is 16.4 Å². The van der Waals surface area contributed by atoms with Crippen LogP contribution < -0.4 is 10.9 Å². The molecule has 12 nitrogen and oxygen atoms in total. The fraction of sp³-hybridized carbons (Fsp3) is 0.769. The monoisotopic (exact) mass is 392 g/mol. The van der Waals surface area contributed by atoms with E-state index in [1.54, 1.807) is 0 Å². The molecule has 0 aromatic heterocycles. The van der Waals surface area contributed by atoms with Crippen LogP contribution in [0, 0.1) is 5.92 Å². The van der Waals surface area contributed by atoms with Crippen LogP contribution >= 0.6 is 0 Å². The van der Waals surface area contributed by atoms with Gasteiger partial charge in [-0.25, -0.2) is 4.79 Å². The summed E-state index contributed by atoms with van der Waals surface area (Å²) in [7, 11) is -4.84. The number of piperidine rings is 1. The summed E-state index contributed by atoms with van der Waals surface area (Å²) in [6.45, 7) is 1.06. The molecule has 0 spiro atoms. The van der Waals surface area contributed by atoms with Crippen LogP contribution in [0.4, 0.5) is 4.79 Å². The second kappa shape index (κ2) is 7.34. The van der Waals surface area contributed by atoms with Crippen molar-refractivity contribution in [3.8, 4) is 0 Å². The topological polar surface area (TPSA) is 155 Å². The molecule has 2 atom stereocenters. The number of carbonyl (C=O) groups is 3. The molecule has 0 aromatic rings. The van der Waals surface area contributed by atoms with Gasteiger partial charge in [0.05, 0.1) is 6.04 Å². The van der Waals surface area contributed by atoms with Crippen LogP contribution in [0.5, 0.6) is 0 Å². The lowest BCUT2D eigenvalue weighted by molar-refractivity contribution is -0.135. The van der Waals surface area contributed by atoms with Crippen molar-refractivity contribution in [1.82, 2.24) is 20.8 Å². The van der Waals surface area contributed by atoms with Crippen LogP contribution in [-0.4, -0.2) is 72.6 Å². The van der Waals surface area contributed by atoms with Crippen molar-refractivity contribution in [2.45, 2.75) is 37.8 Å². The maximum absolute atomic E-state index is 12.3. The second-order valence-electron chi connectivity index (χ2n) is 6.38. The first-order chi connectivity index (χ1) is 12.3. The van der Waals surface area contributed by atoms with Gasteiger partial charge in [0.2, 0.25) is 5.91 Å². The molecule has 146 valence electrons. The lowest BCUT2D eigenvalue weighted by Crippen LogP contribution is -2.55. The largest absolute Gasteiger partial charge is 0.418 e. The summed E-state index contributed by atoms with van der Waals surface area (Å²) in [6, 6.07) is -2.28. The van der Waals surface area contributed by atoms with E-state index in [-0.39, 0.29) is 24.8 Å². The molecule has 2 bridgehead atoms. The maximum Gasteiger partial charge on any atom is 0.418 e. The number of nitrogens with zero attached hydrogens (tertiary/aromatic N) is 2. The number of hydrogen-bond acceptors (Lipinski definition) is 7. The van der Waals surface area contributed by atoms with Crippen molar-refractivity contribution in [3.63, 3.8) is 0 Å². The normalized spacial score (nSPS) is 26.7. The lowest BCUT2D eigenvalue weighted by Gasteiger charge is -2.29. The predicted octanol–water partition coefficient (Wildman–Crippen LogP) is -1.44. The van der Waals surface area contributed by atoms with E-state index < -0.39 is 34.4 Å². The molecule has 3 N–H and O–H groups in total. The molecule has 0 aromatic carbocycles. The number of rotatable bonds is 4. The molecule has 3 fully saturated rings. The Labute approximate surface area is 149 Å². The van der Waals surface area contributed by atoms with E-state index in [1.807, 2.05) is 0 Å². The van der Waals surface area contributed by atoms with E-state index in [1.165, 1.54) is 0 Å². The summed E-state index contributed by atoms with van der Waals surface area (Å²) in [5.74, 6) is -1.14. The van der Waals surface area contributed by atoms with E-state index >= 15 is 0 Å². The molecule has 3 rings (SSSR count). The van der Waals surface area contributed by atoms with Gasteiger partial charge in [-0.2, -0.15) is 13.5 Å². The fourth-order valence-electron chi connectivity index (χ4n) is 3.37. The first-order valence-corrected chi connectivity index (χ1v) is 9.57. The minimum Gasteiger partial charge on any atom is -0.381 e. The average Bonchev–Trinajstić information content (AvgIpc) is 2.84. The molecular formula is C13H20N4O8S. The molecule has 0 saturated carbocycles. The number of nitrogens with one attached hydrogen (secondary N) is 2. The number of hydroxylamine groups is 2. The van der Waals surface area contributed by atoms with Gasteiger partial charge in [0.25, 0.3) is 5.91 Å². The summed E-state index contributed by atoms with van der Waals surface area (Å²) < 4.78 is 39.9. The van der Waals surface area contributed by atoms with Gasteiger partial charge in [0.15, 0.2) is 0 Å². The lowest BCUT2D eigenvalue weighted by atomic mass is 9.99. The zero-order valence-corrected chi connectivity index (χ0v) is 14.6. The molecule has 4 amide bonds. The smallest absolute Gasteiger partial charge is 0.381 e. The second-order valence-corrected chi connectivity index (χ2v) is 7.38. The highest BCUT2D eigenvalue weighted by Gasteiger charge is 2.49. The van der Waals surface area contributed by atoms with E-state index in [9.17, 15) is 22.8 Å². The van der Waals surface area contributed by atoms with Crippen molar-refractivity contribution in [1.29, 1.82) is 0 Å². The van der Waals surface area contributed by atoms with Gasteiger partial charge in [-0.3, -0.25) is 25.0 Å². The number of ether oxygens (including phenoxy) is 1. The quantitative estimate of drug-likeness (QED) is 0.388. The summed E-state index contributed by atoms with van der Waals surface area (Å²) in [5.41, 5.74) is 4.68. The van der Waals surface area contributed by atoms with Crippen LogP contribution in [0.25, 0.3) is 0 Å². The average molecular weight is 392 g/mol. The summed E-state index contributed by atoms with van der Waals surface area (Å²) >= 11 is 0. The summed E-state index contributed by atoms with van der Waals surface area (Å²) in [4.78, 5) is 37.8. The van der Waals surface area contributed by atoms with Crippen LogP contribution in [0.15, 0.2) is 0 Å². The SMILES string of the molecule is O=C(NNC(=O)[C@@H]1CC[C@@H]2CN1C(=O)N2OS(=O)(=O)O)C1CCOCC1. The van der Waals surface area contributed by atoms with Crippen LogP contribution in [0.1, 0.15) is 25.7 Å². The van der Waals surface area contributed by atoms with E-state index in [0.717, 1.165) is 4.90 Å². The molecule has 13 heteroatoms. The molecule has 3 aliphatic heterocycles. The molecule has 26 heavy (non-hydrogen) atoms. The van der Waals surface area contributed by atoms with Crippen LogP contribution in [0.2, 0.25) is 0 Å². The minimum absolute atomic E-state index is 0.0837. The molecule has 0 unspecified atom stereocenters. The first kappa shape index (κ1) is 18.8. The fourth-order valence-corrected chi connectivity index (χ4v) is 3.76. The highest BCUT2D eigenvalue weighted by molar-refractivity contribution is 7.80. The zero-order valence-electron chi connectivity index (χ0n) is 13.8. The molecule has 0 aliphatic carbocycles. The Morgan fingerprint density at radius 3 is 2.42 bits per heavy atom. The standard InChI is InChI=1S/C13H20N4O8S/c18-11(8-3-5-24-6-4-8)14-15-12(19)10-2-1-9-7-16(10)13(20)17(9)25-26(21,22)23/h8-10H,1-7H2,(H,14,18)(H,15,19)(H,21,22,23)/t9-,10+/m1/s1. The number of hydrogen-bond donors (Lipinski definition) is 3. The molecule has 3 heterocycles. The van der Waals surface area contributed by atoms with Crippen LogP contribution in [-0.2, 0) is 29.0 Å². The van der Waals surface area contributed by atoms with Crippen molar-refractivity contribution >= 4 is 28.2 Å². The molecular weight excluding hydrogens is 372 g/mol. The van der Waals surface area contributed by atoms with Gasteiger partial charge in [0, 0.05) is 25.7 Å². The third kappa shape index (κ3) is 4.06. The highest BCUT2D eigenvalue weighted by Crippen LogP contribution is 2.30. The third-order valence-electron chi connectivity index (χ3n) is 4.70. The number of urea groups is 1. The number of fused-ring (bicyclic) bond motifs is 2. The van der Waals surface area contributed by atoms with Gasteiger partial charge in [-0.05, 0) is 25.7 Å². The van der Waals surface area contributed by atoms with Gasteiger partial charge < -0.3 is 9.64 Å². The Kier molecular flexibility index (Phi) is 5.32. The summed E-state index contributed by atoms with van der Waals surface area (Å²) in [6.07, 6.45) is 1.71. The molecule has 0 radical (unpaired) electrons. The first-order valence-electron chi connectivity index (χ1n) is 8.20. The maximum atomic E-state index is 12.3. The van der Waals surface area contributed by atoms with E-state index in [0.29, 0.717) is 37.5 Å². The van der Waals surface area contributed by atoms with Crippen LogP contribution in [0.3, 0.4) is 0 Å². The molecule has 3 saturated heterocycles. The van der Waals surface area contributed by atoms with E-state index in [2.05, 4.69) is 15.1 Å². The minimum atomic E-state index is -4.84. The Morgan fingerprint density at radius 2 is 1.77 bits per heavy atom. The Balaban J connectivity index is 1.56. The predicted molar refractivity (Wildman–Crippen MR) is 83.2 cm³/mol. The van der Waals surface area contributed by atoms with E-state index in [4.69, 9.17) is 9.29 Å². The Bertz CT molecular complexity index is 692. The third-order valence-corrected chi connectivity index (χ3v) is 5.05. The Morgan fingerprint density at radius 1 is 1.12 bits per heavy atom. The number of hydrazine groups is 1. The highest BCUT2D eigenvalue weighted by atomic mass is 32.3. The van der Waals surface area contributed by atoms with Gasteiger partial charge in [0.1, 0.15) is 6.04 Å². The zero-order chi connectivity index (χ0) is 18.9. The molecule has 3 aliphatic rings. The number of carbonyl (C=O) groups excluding carboxylic acids is 3. The Hall–Kier alpha value is -1.96. The van der Waals surface area contributed by atoms with Crippen molar-refractivity contribution in [2.75, 3.05) is 19.8 Å². The van der Waals surface area contributed by atoms with Gasteiger partial charge in [-0.15, -0.1) is 4.28 Å². The van der Waals surface area contributed by atoms with Gasteiger partial charge in [-0.1, -0.05) is 0 Å².